The fourth-order valence-electron chi connectivity index (χ4n) is 1.95. The molecule has 1 aromatic carbocycles. The highest BCUT2D eigenvalue weighted by molar-refractivity contribution is 7.91. The number of benzene rings is 1. The molecule has 0 saturated carbocycles. The van der Waals surface area contributed by atoms with Crippen LogP contribution in [-0.2, 0) is 16.3 Å². The Hall–Kier alpha value is -1.77. The van der Waals surface area contributed by atoms with E-state index in [1.54, 1.807) is 35.7 Å². The van der Waals surface area contributed by atoms with Crippen molar-refractivity contribution in [3.63, 3.8) is 0 Å². The molecule has 0 radical (unpaired) electrons. The molecule has 2 rings (SSSR count). The van der Waals surface area contributed by atoms with Crippen LogP contribution in [-0.4, -0.2) is 38.2 Å². The van der Waals surface area contributed by atoms with Crippen LogP contribution >= 0.6 is 11.3 Å². The summed E-state index contributed by atoms with van der Waals surface area (Å²) in [7, 11) is -3.30. The van der Waals surface area contributed by atoms with Crippen molar-refractivity contribution in [2.75, 3.05) is 18.8 Å². The Kier molecular flexibility index (Phi) is 6.26. The summed E-state index contributed by atoms with van der Waals surface area (Å²) >= 11 is 1.40. The number of hydrogen-bond acceptors (Lipinski definition) is 6. The average molecular weight is 353 g/mol. The Morgan fingerprint density at radius 3 is 2.70 bits per heavy atom. The molecule has 0 aliphatic heterocycles. The van der Waals surface area contributed by atoms with Gasteiger partial charge in [0, 0.05) is 18.3 Å². The second-order valence-corrected chi connectivity index (χ2v) is 7.96. The maximum Gasteiger partial charge on any atom is 0.270 e. The molecule has 0 unspecified atom stereocenters. The number of amides is 1. The zero-order valence-electron chi connectivity index (χ0n) is 12.6. The summed E-state index contributed by atoms with van der Waals surface area (Å²) in [6.45, 7) is 0.778. The van der Waals surface area contributed by atoms with Gasteiger partial charge in [-0.15, -0.1) is 11.3 Å². The van der Waals surface area contributed by atoms with E-state index in [1.165, 1.54) is 11.3 Å². The minimum Gasteiger partial charge on any atom is -0.351 e. The molecule has 1 amide bonds. The summed E-state index contributed by atoms with van der Waals surface area (Å²) in [5, 5.41) is 5.19. The Labute approximate surface area is 139 Å². The summed E-state index contributed by atoms with van der Waals surface area (Å²) in [6.07, 6.45) is 0.996. The number of carbonyl (C=O) groups is 1. The lowest BCUT2D eigenvalue weighted by atomic mass is 10.4. The van der Waals surface area contributed by atoms with Gasteiger partial charge >= 0.3 is 0 Å². The van der Waals surface area contributed by atoms with E-state index in [0.717, 1.165) is 5.01 Å². The van der Waals surface area contributed by atoms with E-state index in [0.29, 0.717) is 30.0 Å². The number of rotatable bonds is 8. The van der Waals surface area contributed by atoms with Crippen molar-refractivity contribution in [1.82, 2.24) is 10.3 Å². The summed E-state index contributed by atoms with van der Waals surface area (Å²) in [5.74, 6) is -0.297. The van der Waals surface area contributed by atoms with Crippen molar-refractivity contribution in [1.29, 1.82) is 0 Å². The summed E-state index contributed by atoms with van der Waals surface area (Å²) in [4.78, 5) is 16.4. The van der Waals surface area contributed by atoms with Crippen LogP contribution in [0.2, 0.25) is 0 Å². The molecule has 0 spiro atoms. The standard InChI is InChI=1S/C15H19N3O3S2/c16-8-7-14-18-13(11-22-14)15(19)17-9-4-10-23(20,21)12-5-2-1-3-6-12/h1-3,5-6,11H,4,7-10,16H2,(H,17,19). The van der Waals surface area contributed by atoms with Crippen LogP contribution in [0.3, 0.4) is 0 Å². The quantitative estimate of drug-likeness (QED) is 0.695. The summed E-state index contributed by atoms with van der Waals surface area (Å²) in [5.41, 5.74) is 5.79. The second-order valence-electron chi connectivity index (χ2n) is 4.91. The van der Waals surface area contributed by atoms with Crippen LogP contribution in [0.5, 0.6) is 0 Å². The fraction of sp³-hybridized carbons (Fsp3) is 0.333. The molecule has 1 aromatic heterocycles. The summed E-state index contributed by atoms with van der Waals surface area (Å²) < 4.78 is 24.2. The molecule has 0 saturated heterocycles. The lowest BCUT2D eigenvalue weighted by Gasteiger charge is -2.05. The van der Waals surface area contributed by atoms with Gasteiger partial charge < -0.3 is 11.1 Å². The molecule has 0 fully saturated rings. The lowest BCUT2D eigenvalue weighted by Crippen LogP contribution is -2.26. The third-order valence-corrected chi connectivity index (χ3v) is 5.85. The molecule has 0 aliphatic carbocycles. The first-order chi connectivity index (χ1) is 11.0. The molecule has 0 aliphatic rings. The predicted octanol–water partition coefficient (Wildman–Crippen LogP) is 1.24. The van der Waals surface area contributed by atoms with Gasteiger partial charge in [-0.1, -0.05) is 18.2 Å². The molecular weight excluding hydrogens is 334 g/mol. The molecule has 3 N–H and O–H groups in total. The van der Waals surface area contributed by atoms with Crippen molar-refractivity contribution >= 4 is 27.1 Å². The number of carbonyl (C=O) groups excluding carboxylic acids is 1. The van der Waals surface area contributed by atoms with E-state index in [4.69, 9.17) is 5.73 Å². The minimum absolute atomic E-state index is 0.00716. The van der Waals surface area contributed by atoms with Crippen LogP contribution < -0.4 is 11.1 Å². The maximum absolute atomic E-state index is 12.1. The molecule has 8 heteroatoms. The molecule has 6 nitrogen and oxygen atoms in total. The zero-order chi connectivity index (χ0) is 16.7. The van der Waals surface area contributed by atoms with Gasteiger partial charge in [-0.25, -0.2) is 13.4 Å². The van der Waals surface area contributed by atoms with Crippen LogP contribution in [0.25, 0.3) is 0 Å². The number of aromatic nitrogens is 1. The highest BCUT2D eigenvalue weighted by Gasteiger charge is 2.14. The van der Waals surface area contributed by atoms with E-state index in [1.807, 2.05) is 0 Å². The topological polar surface area (TPSA) is 102 Å². The van der Waals surface area contributed by atoms with E-state index in [2.05, 4.69) is 10.3 Å². The zero-order valence-corrected chi connectivity index (χ0v) is 14.2. The number of nitrogens with zero attached hydrogens (tertiary/aromatic N) is 1. The second kappa shape index (κ2) is 8.19. The Morgan fingerprint density at radius 1 is 1.26 bits per heavy atom. The van der Waals surface area contributed by atoms with Crippen molar-refractivity contribution in [3.05, 3.63) is 46.4 Å². The highest BCUT2D eigenvalue weighted by atomic mass is 32.2. The Balaban J connectivity index is 1.79. The van der Waals surface area contributed by atoms with Gasteiger partial charge in [0.2, 0.25) is 0 Å². The SMILES string of the molecule is NCCc1nc(C(=O)NCCCS(=O)(=O)c2ccccc2)cs1. The Morgan fingerprint density at radius 2 is 2.00 bits per heavy atom. The van der Waals surface area contributed by atoms with E-state index in [-0.39, 0.29) is 18.2 Å². The van der Waals surface area contributed by atoms with Crippen molar-refractivity contribution < 1.29 is 13.2 Å². The van der Waals surface area contributed by atoms with Gasteiger partial charge in [0.1, 0.15) is 5.69 Å². The lowest BCUT2D eigenvalue weighted by molar-refractivity contribution is 0.0949. The normalized spacial score (nSPS) is 11.3. The van der Waals surface area contributed by atoms with E-state index in [9.17, 15) is 13.2 Å². The van der Waals surface area contributed by atoms with E-state index >= 15 is 0 Å². The summed E-state index contributed by atoms with van der Waals surface area (Å²) in [6, 6.07) is 8.29. The number of nitrogens with one attached hydrogen (secondary N) is 1. The molecule has 0 bridgehead atoms. The van der Waals surface area contributed by atoms with Crippen molar-refractivity contribution in [2.24, 2.45) is 5.73 Å². The van der Waals surface area contributed by atoms with Gasteiger partial charge in [-0.05, 0) is 25.1 Å². The third-order valence-electron chi connectivity index (χ3n) is 3.12. The van der Waals surface area contributed by atoms with E-state index < -0.39 is 9.84 Å². The predicted molar refractivity (Wildman–Crippen MR) is 90.3 cm³/mol. The van der Waals surface area contributed by atoms with Crippen LogP contribution in [0.15, 0.2) is 40.6 Å². The number of hydrogen-bond donors (Lipinski definition) is 2. The first kappa shape index (κ1) is 17.6. The minimum atomic E-state index is -3.30. The highest BCUT2D eigenvalue weighted by Crippen LogP contribution is 2.11. The number of sulfone groups is 1. The molecule has 2 aromatic rings. The first-order valence-electron chi connectivity index (χ1n) is 7.23. The van der Waals surface area contributed by atoms with Gasteiger partial charge in [-0.3, -0.25) is 4.79 Å². The molecule has 1 heterocycles. The number of nitrogens with two attached hydrogens (primary N) is 1. The first-order valence-corrected chi connectivity index (χ1v) is 9.76. The number of thiazole rings is 1. The molecule has 23 heavy (non-hydrogen) atoms. The van der Waals surface area contributed by atoms with Gasteiger partial charge in [0.25, 0.3) is 5.91 Å². The fourth-order valence-corrected chi connectivity index (χ4v) is 4.08. The molecular formula is C15H19N3O3S2. The average Bonchev–Trinajstić information content (AvgIpc) is 3.01. The van der Waals surface area contributed by atoms with Gasteiger partial charge in [0.15, 0.2) is 9.84 Å². The Bertz CT molecular complexity index is 742. The van der Waals surface area contributed by atoms with Gasteiger partial charge in [-0.2, -0.15) is 0 Å². The maximum atomic E-state index is 12.1. The van der Waals surface area contributed by atoms with Crippen LogP contribution in [0, 0.1) is 0 Å². The van der Waals surface area contributed by atoms with Gasteiger partial charge in [0.05, 0.1) is 15.7 Å². The molecule has 124 valence electrons. The third kappa shape index (κ3) is 5.12. The smallest absolute Gasteiger partial charge is 0.270 e. The monoisotopic (exact) mass is 353 g/mol. The van der Waals surface area contributed by atoms with Crippen LogP contribution in [0.4, 0.5) is 0 Å². The molecule has 0 atom stereocenters. The van der Waals surface area contributed by atoms with Crippen LogP contribution in [0.1, 0.15) is 21.9 Å². The van der Waals surface area contributed by atoms with Crippen molar-refractivity contribution in [3.8, 4) is 0 Å². The largest absolute Gasteiger partial charge is 0.351 e. The van der Waals surface area contributed by atoms with Crippen molar-refractivity contribution in [2.45, 2.75) is 17.7 Å².